The summed E-state index contributed by atoms with van der Waals surface area (Å²) in [7, 11) is 0. The van der Waals surface area contributed by atoms with Gasteiger partial charge in [-0.15, -0.1) is 0 Å². The van der Waals surface area contributed by atoms with Crippen LogP contribution in [0.25, 0.3) is 0 Å². The van der Waals surface area contributed by atoms with Crippen molar-refractivity contribution in [3.8, 4) is 0 Å². The number of piperidine rings is 1. The number of nitrogens with zero attached hydrogens (tertiary/aromatic N) is 2. The predicted octanol–water partition coefficient (Wildman–Crippen LogP) is 0.396. The highest BCUT2D eigenvalue weighted by Gasteiger charge is 2.21. The molecule has 1 N–H and O–H groups in total. The molecule has 2 fully saturated rings. The number of hydrogen-bond acceptors (Lipinski definition) is 2. The molecule has 2 rings (SSSR count). The zero-order valence-electron chi connectivity index (χ0n) is 8.34. The maximum atomic E-state index is 4.71. The highest BCUT2D eigenvalue weighted by Crippen LogP contribution is 2.11. The summed E-state index contributed by atoms with van der Waals surface area (Å²) in [5, 5.41) is 8.17. The van der Waals surface area contributed by atoms with Gasteiger partial charge < -0.3 is 5.32 Å². The van der Waals surface area contributed by atoms with Crippen LogP contribution in [-0.2, 0) is 0 Å². The van der Waals surface area contributed by atoms with Crippen molar-refractivity contribution < 1.29 is 0 Å². The first kappa shape index (κ1) is 9.44. The van der Waals surface area contributed by atoms with Gasteiger partial charge in [-0.2, -0.15) is 0 Å². The summed E-state index contributed by atoms with van der Waals surface area (Å²) >= 11 is 0. The predicted molar refractivity (Wildman–Crippen MR) is 53.7 cm³/mol. The maximum Gasteiger partial charge on any atom is 0.0887 e. The molecule has 1 unspecified atom stereocenters. The molecule has 2 saturated heterocycles. The molecule has 1 radical (unpaired) electrons. The fraction of sp³-hybridized carbons (Fsp3) is 1.00. The van der Waals surface area contributed by atoms with Gasteiger partial charge in [-0.1, -0.05) is 6.42 Å². The average Bonchev–Trinajstić information content (AvgIpc) is 2.47. The molecule has 0 bridgehead atoms. The quantitative estimate of drug-likeness (QED) is 0.636. The van der Waals surface area contributed by atoms with Crippen molar-refractivity contribution in [2.75, 3.05) is 32.7 Å². The van der Waals surface area contributed by atoms with E-state index in [4.69, 9.17) is 5.32 Å². The lowest BCUT2D eigenvalue weighted by Gasteiger charge is -2.33. The Kier molecular flexibility index (Phi) is 3.58. The van der Waals surface area contributed by atoms with Gasteiger partial charge >= 0.3 is 0 Å². The fourth-order valence-corrected chi connectivity index (χ4v) is 2.20. The van der Waals surface area contributed by atoms with Gasteiger partial charge in [0.05, 0.1) is 6.17 Å². The highest BCUT2D eigenvalue weighted by molar-refractivity contribution is 4.77. The van der Waals surface area contributed by atoms with Gasteiger partial charge in [-0.25, -0.2) is 5.32 Å². The van der Waals surface area contributed by atoms with Crippen LogP contribution in [0.2, 0.25) is 0 Å². The van der Waals surface area contributed by atoms with E-state index < -0.39 is 0 Å². The van der Waals surface area contributed by atoms with Crippen LogP contribution < -0.4 is 10.6 Å². The van der Waals surface area contributed by atoms with E-state index in [0.29, 0.717) is 6.17 Å². The molecule has 0 aromatic carbocycles. The first-order valence-electron chi connectivity index (χ1n) is 5.58. The van der Waals surface area contributed by atoms with E-state index in [0.717, 1.165) is 19.6 Å². The molecule has 0 spiro atoms. The van der Waals surface area contributed by atoms with E-state index in [1.165, 1.54) is 38.8 Å². The molecular weight excluding hydrogens is 162 g/mol. The minimum absolute atomic E-state index is 0.475. The van der Waals surface area contributed by atoms with Crippen LogP contribution >= 0.6 is 0 Å². The molecule has 0 aliphatic carbocycles. The summed E-state index contributed by atoms with van der Waals surface area (Å²) in [4.78, 5) is 2.54. The van der Waals surface area contributed by atoms with E-state index in [9.17, 15) is 0 Å². The summed E-state index contributed by atoms with van der Waals surface area (Å²) in [5.74, 6) is 0. The van der Waals surface area contributed by atoms with Crippen molar-refractivity contribution in [3.63, 3.8) is 0 Å². The molecule has 0 aromatic heterocycles. The third kappa shape index (κ3) is 2.66. The van der Waals surface area contributed by atoms with Gasteiger partial charge in [0.25, 0.3) is 0 Å². The van der Waals surface area contributed by atoms with Gasteiger partial charge in [0.1, 0.15) is 0 Å². The second-order valence-electron chi connectivity index (χ2n) is 4.04. The molecule has 0 amide bonds. The summed E-state index contributed by atoms with van der Waals surface area (Å²) < 4.78 is 0. The molecule has 3 heteroatoms. The fourth-order valence-electron chi connectivity index (χ4n) is 2.20. The Morgan fingerprint density at radius 3 is 2.77 bits per heavy atom. The van der Waals surface area contributed by atoms with Crippen LogP contribution in [0, 0.1) is 0 Å². The first-order chi connectivity index (χ1) is 6.47. The molecule has 75 valence electrons. The van der Waals surface area contributed by atoms with Crippen molar-refractivity contribution in [3.05, 3.63) is 0 Å². The van der Waals surface area contributed by atoms with Gasteiger partial charge in [-0.05, 0) is 38.9 Å². The van der Waals surface area contributed by atoms with Crippen LogP contribution in [-0.4, -0.2) is 43.8 Å². The Bertz CT molecular complexity index is 135. The monoisotopic (exact) mass is 182 g/mol. The standard InChI is InChI=1S/C10H20N3/c1-2-7-13(8-3-1)10-9-11-5-4-6-12-10/h10-11H,1-9H2. The summed E-state index contributed by atoms with van der Waals surface area (Å²) in [6.07, 6.45) is 5.83. The topological polar surface area (TPSA) is 29.4 Å². The minimum atomic E-state index is 0.475. The number of rotatable bonds is 1. The van der Waals surface area contributed by atoms with Crippen LogP contribution in [0.15, 0.2) is 0 Å². The molecular formula is C10H20N3. The van der Waals surface area contributed by atoms with E-state index in [1.807, 2.05) is 0 Å². The van der Waals surface area contributed by atoms with Gasteiger partial charge in [0, 0.05) is 13.1 Å². The van der Waals surface area contributed by atoms with Crippen molar-refractivity contribution in [2.24, 2.45) is 0 Å². The minimum Gasteiger partial charge on any atom is -0.314 e. The zero-order chi connectivity index (χ0) is 8.93. The van der Waals surface area contributed by atoms with Crippen molar-refractivity contribution in [1.82, 2.24) is 15.5 Å². The van der Waals surface area contributed by atoms with Gasteiger partial charge in [0.15, 0.2) is 0 Å². The molecule has 13 heavy (non-hydrogen) atoms. The third-order valence-electron chi connectivity index (χ3n) is 2.99. The lowest BCUT2D eigenvalue weighted by atomic mass is 10.1. The van der Waals surface area contributed by atoms with Crippen LogP contribution in [0.3, 0.4) is 0 Å². The second kappa shape index (κ2) is 4.94. The van der Waals surface area contributed by atoms with E-state index >= 15 is 0 Å². The van der Waals surface area contributed by atoms with E-state index in [2.05, 4.69) is 10.2 Å². The Morgan fingerprint density at radius 1 is 1.08 bits per heavy atom. The first-order valence-corrected chi connectivity index (χ1v) is 5.58. The lowest BCUT2D eigenvalue weighted by Crippen LogP contribution is -2.48. The summed E-state index contributed by atoms with van der Waals surface area (Å²) in [6, 6.07) is 0. The van der Waals surface area contributed by atoms with Gasteiger partial charge in [-0.3, -0.25) is 4.90 Å². The Morgan fingerprint density at radius 2 is 1.92 bits per heavy atom. The van der Waals surface area contributed by atoms with Crippen LogP contribution in [0.1, 0.15) is 25.7 Å². The zero-order valence-corrected chi connectivity index (χ0v) is 8.34. The SMILES string of the molecule is C1CCN(C2CNCCC[N]2)CC1. The number of nitrogens with one attached hydrogen (secondary N) is 1. The van der Waals surface area contributed by atoms with Gasteiger partial charge in [0.2, 0.25) is 0 Å². The lowest BCUT2D eigenvalue weighted by molar-refractivity contribution is 0.138. The van der Waals surface area contributed by atoms with E-state index in [1.54, 1.807) is 0 Å². The van der Waals surface area contributed by atoms with E-state index in [-0.39, 0.29) is 0 Å². The smallest absolute Gasteiger partial charge is 0.0887 e. The second-order valence-corrected chi connectivity index (χ2v) is 4.04. The molecule has 0 aromatic rings. The Hall–Kier alpha value is -0.120. The summed E-state index contributed by atoms with van der Waals surface area (Å²) in [6.45, 7) is 5.79. The van der Waals surface area contributed by atoms with Crippen LogP contribution in [0.5, 0.6) is 0 Å². The largest absolute Gasteiger partial charge is 0.314 e. The van der Waals surface area contributed by atoms with Crippen molar-refractivity contribution in [1.29, 1.82) is 0 Å². The average molecular weight is 182 g/mol. The molecule has 2 aliphatic rings. The normalized spacial score (nSPS) is 32.8. The molecule has 0 saturated carbocycles. The highest BCUT2D eigenvalue weighted by atomic mass is 15.3. The number of likely N-dealkylation sites (tertiary alicyclic amines) is 1. The maximum absolute atomic E-state index is 4.71. The summed E-state index contributed by atoms with van der Waals surface area (Å²) in [5.41, 5.74) is 0. The molecule has 1 atom stereocenters. The van der Waals surface area contributed by atoms with Crippen molar-refractivity contribution in [2.45, 2.75) is 31.8 Å². The molecule has 2 heterocycles. The van der Waals surface area contributed by atoms with Crippen LogP contribution in [0.4, 0.5) is 0 Å². The molecule has 2 aliphatic heterocycles. The number of hydrogen-bond donors (Lipinski definition) is 1. The van der Waals surface area contributed by atoms with Crippen molar-refractivity contribution >= 4 is 0 Å². The third-order valence-corrected chi connectivity index (χ3v) is 2.99. The Balaban J connectivity index is 1.82. The molecule has 3 nitrogen and oxygen atoms in total. The Labute approximate surface area is 80.9 Å².